The number of pyridine rings is 1. The molecule has 0 aliphatic heterocycles. The molecule has 0 fully saturated rings. The summed E-state index contributed by atoms with van der Waals surface area (Å²) in [6, 6.07) is 0.818. The summed E-state index contributed by atoms with van der Waals surface area (Å²) in [5.74, 6) is -0.482. The topological polar surface area (TPSA) is 48.3 Å². The average Bonchev–Trinajstić information content (AvgIpc) is 2.29. The van der Waals surface area contributed by atoms with E-state index in [-0.39, 0.29) is 23.6 Å². The van der Waals surface area contributed by atoms with Crippen molar-refractivity contribution in [1.82, 2.24) is 4.57 Å². The molecule has 0 saturated heterocycles. The Hall–Kier alpha value is -1.40. The minimum absolute atomic E-state index is 0.0122. The molecule has 0 aliphatic carbocycles. The number of alkyl halides is 3. The summed E-state index contributed by atoms with van der Waals surface area (Å²) in [6.07, 6.45) is -3.26. The Kier molecular flexibility index (Phi) is 5.08. The Morgan fingerprint density at radius 1 is 1.53 bits per heavy atom. The van der Waals surface area contributed by atoms with Crippen LogP contribution in [0.2, 0.25) is 0 Å². The maximum absolute atomic E-state index is 12.7. The third kappa shape index (κ3) is 4.04. The molecule has 0 unspecified atom stereocenters. The fraction of sp³-hybridized carbons (Fsp3) is 0.364. The summed E-state index contributed by atoms with van der Waals surface area (Å²) in [4.78, 5) is 21.4. The van der Waals surface area contributed by atoms with Crippen LogP contribution in [0.5, 0.6) is 0 Å². The zero-order valence-electron chi connectivity index (χ0n) is 9.86. The molecule has 0 amide bonds. The molecule has 0 aromatic carbocycles. The molecule has 0 aliphatic rings. The van der Waals surface area contributed by atoms with E-state index < -0.39 is 23.3 Å². The van der Waals surface area contributed by atoms with E-state index in [1.165, 1.54) is 17.7 Å². The van der Waals surface area contributed by atoms with Gasteiger partial charge in [0.1, 0.15) is 0 Å². The monoisotopic (exact) mass is 341 g/mol. The van der Waals surface area contributed by atoms with Crippen LogP contribution in [0.1, 0.15) is 22.8 Å². The second kappa shape index (κ2) is 6.16. The second-order valence-corrected chi connectivity index (χ2v) is 4.41. The third-order valence-corrected chi connectivity index (χ3v) is 3.22. The number of hydrogen-bond acceptors (Lipinski definition) is 3. The standard InChI is InChI=1S/C11H10F3NO3Se/c1-7(17)18-5-4-15-3-2-9(11(12,13)14)8(6-16)10(15)19/h2-3,6H,4-5H2,1H3. The van der Waals surface area contributed by atoms with Gasteiger partial charge < -0.3 is 0 Å². The molecule has 0 N–H and O–H groups in total. The number of nitrogens with zero attached hydrogens (tertiary/aromatic N) is 1. The van der Waals surface area contributed by atoms with Crippen molar-refractivity contribution in [3.8, 4) is 0 Å². The SMILES string of the molecule is CC(=O)OCCn1ccc(C(F)(F)F)c(C=O)c1=[Se]. The Morgan fingerprint density at radius 3 is 2.63 bits per heavy atom. The molecular weight excluding hydrogens is 330 g/mol. The van der Waals surface area contributed by atoms with Gasteiger partial charge in [-0.2, -0.15) is 0 Å². The molecule has 19 heavy (non-hydrogen) atoms. The second-order valence-electron chi connectivity index (χ2n) is 3.60. The van der Waals surface area contributed by atoms with Crippen molar-refractivity contribution in [1.29, 1.82) is 0 Å². The van der Waals surface area contributed by atoms with Gasteiger partial charge in [-0.25, -0.2) is 0 Å². The Balaban J connectivity index is 3.09. The predicted octanol–water partition coefficient (Wildman–Crippen LogP) is 1.58. The maximum atomic E-state index is 12.7. The number of esters is 1. The molecule has 104 valence electrons. The molecular formula is C11H10F3NO3Se. The fourth-order valence-corrected chi connectivity index (χ4v) is 2.07. The van der Waals surface area contributed by atoms with Gasteiger partial charge in [0.15, 0.2) is 0 Å². The first-order chi connectivity index (χ1) is 8.77. The zero-order valence-corrected chi connectivity index (χ0v) is 11.6. The molecule has 1 heterocycles. The van der Waals surface area contributed by atoms with E-state index >= 15 is 0 Å². The number of aromatic nitrogens is 1. The number of rotatable bonds is 4. The summed E-state index contributed by atoms with van der Waals surface area (Å²) >= 11 is 2.43. The van der Waals surface area contributed by atoms with E-state index in [2.05, 4.69) is 20.3 Å². The van der Waals surface area contributed by atoms with Crippen molar-refractivity contribution >= 4 is 27.8 Å². The Labute approximate surface area is 114 Å². The molecule has 1 aromatic heterocycles. The van der Waals surface area contributed by atoms with Gasteiger partial charge in [-0.1, -0.05) is 0 Å². The predicted molar refractivity (Wildman–Crippen MR) is 60.5 cm³/mol. The van der Waals surface area contributed by atoms with Gasteiger partial charge in [0, 0.05) is 0 Å². The molecule has 8 heteroatoms. The van der Waals surface area contributed by atoms with Crippen LogP contribution in [0.25, 0.3) is 0 Å². The van der Waals surface area contributed by atoms with E-state index in [9.17, 15) is 22.8 Å². The first-order valence-corrected chi connectivity index (χ1v) is 6.02. The van der Waals surface area contributed by atoms with E-state index in [0.717, 1.165) is 6.07 Å². The Bertz CT molecular complexity index is 551. The first kappa shape index (κ1) is 15.7. The van der Waals surface area contributed by atoms with Gasteiger partial charge in [0.05, 0.1) is 0 Å². The molecule has 0 bridgehead atoms. The number of aldehydes is 1. The van der Waals surface area contributed by atoms with E-state index in [0.29, 0.717) is 0 Å². The van der Waals surface area contributed by atoms with Crippen molar-refractivity contribution in [3.05, 3.63) is 27.6 Å². The van der Waals surface area contributed by atoms with Gasteiger partial charge in [-0.15, -0.1) is 0 Å². The van der Waals surface area contributed by atoms with Gasteiger partial charge in [-0.3, -0.25) is 0 Å². The minimum atomic E-state index is -4.59. The number of ether oxygens (including phenoxy) is 1. The van der Waals surface area contributed by atoms with Crippen LogP contribution >= 0.6 is 0 Å². The zero-order chi connectivity index (χ0) is 14.6. The molecule has 0 spiro atoms. The van der Waals surface area contributed by atoms with Crippen molar-refractivity contribution < 1.29 is 27.5 Å². The average molecular weight is 340 g/mol. The molecule has 0 atom stereocenters. The molecule has 0 saturated carbocycles. The third-order valence-electron chi connectivity index (χ3n) is 2.26. The number of hydrogen-bond donors (Lipinski definition) is 0. The van der Waals surface area contributed by atoms with Gasteiger partial charge in [0.2, 0.25) is 0 Å². The van der Waals surface area contributed by atoms with Crippen LogP contribution < -0.4 is 0 Å². The quantitative estimate of drug-likeness (QED) is 0.475. The molecule has 1 aromatic rings. The summed E-state index contributed by atoms with van der Waals surface area (Å²) < 4.78 is 44.1. The van der Waals surface area contributed by atoms with Gasteiger partial charge >= 0.3 is 114 Å². The number of halogens is 3. The van der Waals surface area contributed by atoms with Crippen molar-refractivity contribution in [2.75, 3.05) is 6.61 Å². The van der Waals surface area contributed by atoms with E-state index in [1.54, 1.807) is 0 Å². The van der Waals surface area contributed by atoms with Gasteiger partial charge in [0.25, 0.3) is 0 Å². The molecule has 0 radical (unpaired) electrons. The van der Waals surface area contributed by atoms with Crippen LogP contribution in [0.4, 0.5) is 13.2 Å². The number of carbonyl (C=O) groups excluding carboxylic acids is 2. The van der Waals surface area contributed by atoms with Crippen molar-refractivity contribution in [3.63, 3.8) is 0 Å². The summed E-state index contributed by atoms with van der Waals surface area (Å²) in [6.45, 7) is 1.40. The van der Waals surface area contributed by atoms with Crippen LogP contribution in [0.15, 0.2) is 12.3 Å². The summed E-state index contributed by atoms with van der Waals surface area (Å²) in [5, 5.41) is 0. The van der Waals surface area contributed by atoms with E-state index in [4.69, 9.17) is 0 Å². The normalized spacial score (nSPS) is 11.2. The van der Waals surface area contributed by atoms with Crippen molar-refractivity contribution in [2.24, 2.45) is 0 Å². The van der Waals surface area contributed by atoms with Crippen LogP contribution in [0.3, 0.4) is 0 Å². The number of carbonyl (C=O) groups is 2. The van der Waals surface area contributed by atoms with E-state index in [1.807, 2.05) is 0 Å². The van der Waals surface area contributed by atoms with Crippen molar-refractivity contribution in [2.45, 2.75) is 19.6 Å². The van der Waals surface area contributed by atoms with Crippen LogP contribution in [0, 0.1) is 4.19 Å². The van der Waals surface area contributed by atoms with Crippen LogP contribution in [-0.4, -0.2) is 39.0 Å². The molecule has 4 nitrogen and oxygen atoms in total. The Morgan fingerprint density at radius 2 is 2.16 bits per heavy atom. The molecule has 1 rings (SSSR count). The summed E-state index contributed by atoms with van der Waals surface area (Å²) in [5.41, 5.74) is -1.46. The fourth-order valence-electron chi connectivity index (χ4n) is 1.42. The van der Waals surface area contributed by atoms with Gasteiger partial charge in [-0.05, 0) is 0 Å². The summed E-state index contributed by atoms with van der Waals surface area (Å²) in [7, 11) is 0. The first-order valence-electron chi connectivity index (χ1n) is 5.16. The van der Waals surface area contributed by atoms with Crippen LogP contribution in [-0.2, 0) is 22.3 Å².